The molecule has 0 aromatic heterocycles. The third-order valence-corrected chi connectivity index (χ3v) is 15.7. The number of allylic oxidation sites excluding steroid dienone is 10. The highest BCUT2D eigenvalue weighted by atomic mass is 16.6. The van der Waals surface area contributed by atoms with Crippen LogP contribution >= 0.6 is 0 Å². The fraction of sp³-hybridized carbons (Fsp3) is 0.824. The minimum Gasteiger partial charge on any atom is -0.462 e. The van der Waals surface area contributed by atoms with Gasteiger partial charge >= 0.3 is 17.9 Å². The van der Waals surface area contributed by atoms with Crippen molar-refractivity contribution in [1.29, 1.82) is 0 Å². The third kappa shape index (κ3) is 65.9. The van der Waals surface area contributed by atoms with Gasteiger partial charge < -0.3 is 14.2 Å². The number of carbonyl (C=O) groups is 3. The molecule has 0 aromatic rings. The minimum atomic E-state index is -0.778. The van der Waals surface area contributed by atoms with Gasteiger partial charge in [0, 0.05) is 19.3 Å². The monoisotopic (exact) mass is 1120 g/mol. The number of esters is 3. The van der Waals surface area contributed by atoms with Crippen LogP contribution in [0.4, 0.5) is 0 Å². The molecule has 0 heterocycles. The molecule has 0 aromatic carbocycles. The molecule has 0 fully saturated rings. The number of ether oxygens (including phenoxy) is 3. The van der Waals surface area contributed by atoms with E-state index in [1.165, 1.54) is 250 Å². The maximum absolute atomic E-state index is 13.0. The molecular weight excluding hydrogens is 985 g/mol. The Labute approximate surface area is 498 Å². The minimum absolute atomic E-state index is 0.0733. The Kier molecular flexibility index (Phi) is 66.1. The quantitative estimate of drug-likeness (QED) is 0.0261. The molecule has 0 radical (unpaired) electrons. The van der Waals surface area contributed by atoms with Gasteiger partial charge in [0.2, 0.25) is 0 Å². The molecule has 0 saturated carbocycles. The maximum Gasteiger partial charge on any atom is 0.306 e. The number of hydrogen-bond acceptors (Lipinski definition) is 6. The Morgan fingerprint density at radius 3 is 0.700 bits per heavy atom. The second-order valence-electron chi connectivity index (χ2n) is 23.8. The van der Waals surface area contributed by atoms with Crippen LogP contribution in [0, 0.1) is 0 Å². The van der Waals surface area contributed by atoms with E-state index >= 15 is 0 Å². The van der Waals surface area contributed by atoms with E-state index in [2.05, 4.69) is 81.5 Å². The first-order valence-corrected chi connectivity index (χ1v) is 35.3. The van der Waals surface area contributed by atoms with Crippen molar-refractivity contribution in [3.05, 3.63) is 60.8 Å². The van der Waals surface area contributed by atoms with Crippen LogP contribution in [0.2, 0.25) is 0 Å². The van der Waals surface area contributed by atoms with Crippen molar-refractivity contribution in [3.8, 4) is 0 Å². The Hall–Kier alpha value is -2.89. The third-order valence-electron chi connectivity index (χ3n) is 15.7. The molecule has 0 amide bonds. The van der Waals surface area contributed by atoms with Gasteiger partial charge in [-0.2, -0.15) is 0 Å². The predicted octanol–water partition coefficient (Wildman–Crippen LogP) is 24.3. The van der Waals surface area contributed by atoms with Gasteiger partial charge in [0.05, 0.1) is 0 Å². The van der Waals surface area contributed by atoms with Crippen molar-refractivity contribution in [2.75, 3.05) is 13.2 Å². The van der Waals surface area contributed by atoms with E-state index < -0.39 is 6.10 Å². The highest BCUT2D eigenvalue weighted by Crippen LogP contribution is 2.18. The van der Waals surface area contributed by atoms with Gasteiger partial charge in [-0.3, -0.25) is 14.4 Å². The Morgan fingerprint density at radius 1 is 0.250 bits per heavy atom. The molecule has 466 valence electrons. The topological polar surface area (TPSA) is 78.9 Å². The van der Waals surface area contributed by atoms with Gasteiger partial charge in [-0.25, -0.2) is 0 Å². The zero-order valence-corrected chi connectivity index (χ0v) is 53.6. The van der Waals surface area contributed by atoms with E-state index in [1.807, 2.05) is 0 Å². The summed E-state index contributed by atoms with van der Waals surface area (Å²) in [5.74, 6) is -0.858. The van der Waals surface area contributed by atoms with Crippen LogP contribution in [0.3, 0.4) is 0 Å². The average Bonchev–Trinajstić information content (AvgIpc) is 3.46. The molecule has 0 aliphatic heterocycles. The van der Waals surface area contributed by atoms with Crippen LogP contribution in [0.15, 0.2) is 60.8 Å². The van der Waals surface area contributed by atoms with E-state index in [1.54, 1.807) is 0 Å². The lowest BCUT2D eigenvalue weighted by Gasteiger charge is -2.18. The molecule has 6 nitrogen and oxygen atoms in total. The normalized spacial score (nSPS) is 12.4. The lowest BCUT2D eigenvalue weighted by atomic mass is 10.0. The summed E-state index contributed by atoms with van der Waals surface area (Å²) in [7, 11) is 0. The summed E-state index contributed by atoms with van der Waals surface area (Å²) in [5, 5.41) is 0. The fourth-order valence-corrected chi connectivity index (χ4v) is 10.4. The van der Waals surface area contributed by atoms with Crippen molar-refractivity contribution >= 4 is 17.9 Å². The van der Waals surface area contributed by atoms with Gasteiger partial charge in [-0.15, -0.1) is 0 Å². The number of rotatable bonds is 65. The summed E-state index contributed by atoms with van der Waals surface area (Å²) in [4.78, 5) is 38.4. The number of hydrogen-bond donors (Lipinski definition) is 0. The predicted molar refractivity (Wildman–Crippen MR) is 348 cm³/mol. The van der Waals surface area contributed by atoms with Crippen LogP contribution in [-0.2, 0) is 28.6 Å². The molecule has 6 heteroatoms. The van der Waals surface area contributed by atoms with Crippen molar-refractivity contribution in [3.63, 3.8) is 0 Å². The van der Waals surface area contributed by atoms with Crippen LogP contribution < -0.4 is 0 Å². The first-order valence-electron chi connectivity index (χ1n) is 35.3. The van der Waals surface area contributed by atoms with E-state index in [-0.39, 0.29) is 31.1 Å². The van der Waals surface area contributed by atoms with E-state index in [0.717, 1.165) is 83.5 Å². The zero-order chi connectivity index (χ0) is 57.8. The smallest absolute Gasteiger partial charge is 0.306 e. The van der Waals surface area contributed by atoms with Gasteiger partial charge in [-0.05, 0) is 89.9 Å². The molecule has 0 N–H and O–H groups in total. The highest BCUT2D eigenvalue weighted by molar-refractivity contribution is 5.71. The Bertz CT molecular complexity index is 1430. The van der Waals surface area contributed by atoms with Crippen molar-refractivity contribution in [2.24, 2.45) is 0 Å². The molecule has 0 aliphatic rings. The van der Waals surface area contributed by atoms with E-state index in [0.29, 0.717) is 19.3 Å². The molecule has 80 heavy (non-hydrogen) atoms. The van der Waals surface area contributed by atoms with Crippen LogP contribution in [0.5, 0.6) is 0 Å². The van der Waals surface area contributed by atoms with E-state index in [4.69, 9.17) is 14.2 Å². The van der Waals surface area contributed by atoms with Crippen molar-refractivity contribution in [1.82, 2.24) is 0 Å². The van der Waals surface area contributed by atoms with Gasteiger partial charge in [0.25, 0.3) is 0 Å². The SMILES string of the molecule is CCCCCCC/C=C\C/C=C\C/C=C\CCCCCCCCCCC(=O)OC(COC(=O)CCCCCCCCCCCCCCCC)COC(=O)CCCCCCCCCCCCCCC/C=C\C/C=C\CCCCCCC. The lowest BCUT2D eigenvalue weighted by Crippen LogP contribution is -2.30. The van der Waals surface area contributed by atoms with E-state index in [9.17, 15) is 14.4 Å². The van der Waals surface area contributed by atoms with Crippen LogP contribution in [0.25, 0.3) is 0 Å². The first kappa shape index (κ1) is 77.1. The summed E-state index contributed by atoms with van der Waals surface area (Å²) >= 11 is 0. The summed E-state index contributed by atoms with van der Waals surface area (Å²) in [6.07, 6.45) is 88.1. The Balaban J connectivity index is 4.30. The lowest BCUT2D eigenvalue weighted by molar-refractivity contribution is -0.167. The Morgan fingerprint density at radius 2 is 0.450 bits per heavy atom. The molecule has 0 rings (SSSR count). The second-order valence-corrected chi connectivity index (χ2v) is 23.8. The summed E-state index contributed by atoms with van der Waals surface area (Å²) in [6, 6.07) is 0. The van der Waals surface area contributed by atoms with Gasteiger partial charge in [0.1, 0.15) is 13.2 Å². The number of unbranched alkanes of at least 4 members (excludes halogenated alkanes) is 44. The summed E-state index contributed by atoms with van der Waals surface area (Å²) in [6.45, 7) is 6.67. The zero-order valence-electron chi connectivity index (χ0n) is 53.6. The fourth-order valence-electron chi connectivity index (χ4n) is 10.4. The van der Waals surface area contributed by atoms with Crippen molar-refractivity contribution in [2.45, 2.75) is 380 Å². The largest absolute Gasteiger partial charge is 0.462 e. The van der Waals surface area contributed by atoms with Crippen molar-refractivity contribution < 1.29 is 28.6 Å². The summed E-state index contributed by atoms with van der Waals surface area (Å²) in [5.41, 5.74) is 0. The molecule has 0 spiro atoms. The molecule has 1 unspecified atom stereocenters. The first-order chi connectivity index (χ1) is 39.5. The molecule has 0 saturated heterocycles. The summed E-state index contributed by atoms with van der Waals surface area (Å²) < 4.78 is 17.0. The molecule has 0 bridgehead atoms. The standard InChI is InChI=1S/C74H134O6/c1-4-7-10-13-16-19-22-25-28-30-32-34-36-37-39-40-42-44-46-49-52-55-58-61-64-67-73(76)79-70-71(69-78-72(75)66-63-60-57-54-51-48-27-24-21-18-15-12-9-6-3)80-74(77)68-65-62-59-56-53-50-47-45-43-41-38-35-33-31-29-26-23-20-17-14-11-8-5-2/h22-23,25-26,30-33,38,41,71H,4-21,24,27-29,34-37,39-40,42-70H2,1-3H3/b25-22-,26-23-,32-30-,33-31-,41-38-. The molecular formula is C74H134O6. The molecule has 1 atom stereocenters. The van der Waals surface area contributed by atoms with Gasteiger partial charge in [-0.1, -0.05) is 326 Å². The maximum atomic E-state index is 13.0. The van der Waals surface area contributed by atoms with Crippen LogP contribution in [-0.4, -0.2) is 37.2 Å². The number of carbonyl (C=O) groups excluding carboxylic acids is 3. The van der Waals surface area contributed by atoms with Gasteiger partial charge in [0.15, 0.2) is 6.10 Å². The average molecular weight is 1120 g/mol. The second kappa shape index (κ2) is 68.6. The highest BCUT2D eigenvalue weighted by Gasteiger charge is 2.19. The molecule has 0 aliphatic carbocycles. The van der Waals surface area contributed by atoms with Crippen LogP contribution in [0.1, 0.15) is 374 Å².